The molecule has 5 nitrogen and oxygen atoms in total. The molecule has 2 aliphatic rings. The van der Waals surface area contributed by atoms with Crippen molar-refractivity contribution in [2.24, 2.45) is 0 Å². The van der Waals surface area contributed by atoms with Gasteiger partial charge in [0.25, 0.3) is 0 Å². The van der Waals surface area contributed by atoms with Crippen molar-refractivity contribution in [2.45, 2.75) is 53.4 Å². The number of unbranched alkanes of at least 4 members (excludes halogenated alkanes) is 2. The van der Waals surface area contributed by atoms with Crippen LogP contribution in [0.25, 0.3) is 0 Å². The molecule has 0 saturated carbocycles. The Bertz CT molecular complexity index is 595. The van der Waals surface area contributed by atoms with Crippen LogP contribution in [-0.2, 0) is 10.8 Å². The first-order valence-electron chi connectivity index (χ1n) is 12.8. The highest BCUT2D eigenvalue weighted by atomic mass is 32.2. The zero-order valence-corrected chi connectivity index (χ0v) is 25.2. The monoisotopic (exact) mass is 619 g/mol. The van der Waals surface area contributed by atoms with Crippen molar-refractivity contribution in [3.8, 4) is 0 Å². The molecule has 1 unspecified atom stereocenters. The molecule has 0 amide bonds. The molecule has 1 atom stereocenters. The van der Waals surface area contributed by atoms with Gasteiger partial charge in [0.2, 0.25) is 0 Å². The summed E-state index contributed by atoms with van der Waals surface area (Å²) in [5, 5.41) is 0. The molecule has 2 aliphatic heterocycles. The fraction of sp³-hybridized carbons (Fsp3) is 0.818. The predicted octanol–water partition coefficient (Wildman–Crippen LogP) is -0.313. The third kappa shape index (κ3) is 32.9. The fourth-order valence-electron chi connectivity index (χ4n) is 3.03. The molecule has 17 heteroatoms. The third-order valence-electron chi connectivity index (χ3n) is 4.96. The zero-order valence-electron chi connectivity index (χ0n) is 23.5. The first-order valence-corrected chi connectivity index (χ1v) is 15.5. The van der Waals surface area contributed by atoms with Gasteiger partial charge in [0, 0.05) is 79.0 Å². The average molecular weight is 619 g/mol. The Kier molecular flexibility index (Phi) is 35.9. The van der Waals surface area contributed by atoms with E-state index >= 15 is 0 Å². The Hall–Kier alpha value is -1.25. The number of hydrogen-bond donors (Lipinski definition) is 0. The Morgan fingerprint density at radius 2 is 1.13 bits per heavy atom. The number of thioether (sulfide) groups is 1. The lowest BCUT2D eigenvalue weighted by Gasteiger charge is -2.20. The van der Waals surface area contributed by atoms with E-state index < -0.39 is 25.9 Å². The van der Waals surface area contributed by atoms with Gasteiger partial charge >= 0.3 is 15.1 Å². The first-order chi connectivity index (χ1) is 17.6. The summed E-state index contributed by atoms with van der Waals surface area (Å²) in [5.41, 5.74) is 0. The topological polar surface area (TPSA) is 30.0 Å². The van der Waals surface area contributed by atoms with E-state index in [2.05, 4.69) is 65.2 Å². The molecule has 0 saturated heterocycles. The molecule has 0 bridgehead atoms. The summed E-state index contributed by atoms with van der Waals surface area (Å²) in [6, 6.07) is 0. The molecule has 0 aromatic rings. The van der Waals surface area contributed by atoms with Gasteiger partial charge in [-0.25, -0.2) is 0 Å². The van der Waals surface area contributed by atoms with E-state index in [0.717, 1.165) is 37.9 Å². The van der Waals surface area contributed by atoms with E-state index in [1.807, 2.05) is 18.7 Å². The van der Waals surface area contributed by atoms with Gasteiger partial charge in [-0.1, -0.05) is 40.5 Å². The summed E-state index contributed by atoms with van der Waals surface area (Å²) in [6.45, 7) is 15.2. The van der Waals surface area contributed by atoms with E-state index in [0.29, 0.717) is 0 Å². The number of rotatable bonds is 14. The van der Waals surface area contributed by atoms with Crippen LogP contribution in [0.15, 0.2) is 24.8 Å². The fourth-order valence-corrected chi connectivity index (χ4v) is 4.40. The summed E-state index contributed by atoms with van der Waals surface area (Å²) in [4.78, 5) is 9.36. The van der Waals surface area contributed by atoms with Crippen molar-refractivity contribution < 1.29 is 39.5 Å². The van der Waals surface area contributed by atoms with Gasteiger partial charge in [-0.3, -0.25) is 17.2 Å². The van der Waals surface area contributed by atoms with E-state index in [1.165, 1.54) is 50.3 Å². The standard InChI is InChI=1S/C11H22N2OS.C11H22N2S.BF3H.BF3.2FH/c1-3-5-6-12-7-8-13(11-12)9-10-15(14)4-2;1-3-5-6-12-7-8-13(11-12)9-10-14-4-2;2*2-1(3)4;;/h7-8H,3-6,9-11H2,1-2H3;7-8H,3-6,9-11H2,1-2H3;1H;;2*1H/q;;-1;;;/p-2. The second-order valence-corrected chi connectivity index (χ2v) is 11.3. The van der Waals surface area contributed by atoms with E-state index in [-0.39, 0.29) is 9.41 Å². The van der Waals surface area contributed by atoms with Crippen LogP contribution >= 0.6 is 11.8 Å². The molecule has 2 heterocycles. The molecule has 236 valence electrons. The van der Waals surface area contributed by atoms with E-state index in [9.17, 15) is 30.1 Å². The highest BCUT2D eigenvalue weighted by Crippen LogP contribution is 2.09. The molecular weight excluding hydrogens is 574 g/mol. The van der Waals surface area contributed by atoms with Crippen LogP contribution in [0.2, 0.25) is 0 Å². The van der Waals surface area contributed by atoms with Crippen LogP contribution in [0.4, 0.5) is 25.9 Å². The average Bonchev–Trinajstić information content (AvgIpc) is 3.49. The molecule has 0 aliphatic carbocycles. The molecular formula is C22H45B2F8N4OS2-3. The van der Waals surface area contributed by atoms with Gasteiger partial charge in [0.15, 0.2) is 0 Å². The lowest BCUT2D eigenvalue weighted by atomic mass is 10.3. The maximum Gasteiger partial charge on any atom is 0.762 e. The van der Waals surface area contributed by atoms with Crippen molar-refractivity contribution in [3.05, 3.63) is 24.8 Å². The predicted molar refractivity (Wildman–Crippen MR) is 151 cm³/mol. The first kappa shape index (κ1) is 44.8. The second-order valence-electron chi connectivity index (χ2n) is 8.02. The van der Waals surface area contributed by atoms with Gasteiger partial charge < -0.3 is 42.0 Å². The number of hydrogen-bond acceptors (Lipinski definition) is 6. The number of halogens is 8. The largest absolute Gasteiger partial charge is 1.00 e. The Morgan fingerprint density at radius 3 is 1.46 bits per heavy atom. The molecule has 0 radical (unpaired) electrons. The van der Waals surface area contributed by atoms with Crippen LogP contribution in [0.3, 0.4) is 0 Å². The van der Waals surface area contributed by atoms with Crippen LogP contribution in [0.5, 0.6) is 0 Å². The molecule has 0 aromatic heterocycles. The van der Waals surface area contributed by atoms with Gasteiger partial charge in [-0.2, -0.15) is 11.8 Å². The van der Waals surface area contributed by atoms with Crippen LogP contribution in [-0.4, -0.2) is 101 Å². The van der Waals surface area contributed by atoms with Crippen molar-refractivity contribution in [1.82, 2.24) is 19.6 Å². The lowest BCUT2D eigenvalue weighted by Crippen LogP contribution is -3.00. The van der Waals surface area contributed by atoms with Crippen LogP contribution in [0.1, 0.15) is 53.4 Å². The molecule has 0 fully saturated rings. The number of nitrogens with zero attached hydrogens (tertiary/aromatic N) is 4. The lowest BCUT2D eigenvalue weighted by molar-refractivity contribution is -0.001000. The minimum atomic E-state index is -4.25. The van der Waals surface area contributed by atoms with Crippen molar-refractivity contribution in [3.63, 3.8) is 0 Å². The Labute approximate surface area is 237 Å². The minimum absolute atomic E-state index is 0. The van der Waals surface area contributed by atoms with Gasteiger partial charge in [-0.05, 0) is 18.6 Å². The van der Waals surface area contributed by atoms with Crippen LogP contribution < -0.4 is 9.41 Å². The maximum atomic E-state index is 11.3. The quantitative estimate of drug-likeness (QED) is 0.151. The Balaban J connectivity index is -0.000000237. The van der Waals surface area contributed by atoms with E-state index in [4.69, 9.17) is 0 Å². The van der Waals surface area contributed by atoms with Crippen molar-refractivity contribution >= 4 is 37.6 Å². The second kappa shape index (κ2) is 31.3. The molecule has 0 spiro atoms. The zero-order chi connectivity index (χ0) is 28.5. The van der Waals surface area contributed by atoms with Crippen molar-refractivity contribution in [1.29, 1.82) is 0 Å². The van der Waals surface area contributed by atoms with Gasteiger partial charge in [0.1, 0.15) is 0 Å². The summed E-state index contributed by atoms with van der Waals surface area (Å²) in [6.07, 6.45) is 13.8. The normalized spacial score (nSPS) is 13.9. The Morgan fingerprint density at radius 1 is 0.769 bits per heavy atom. The van der Waals surface area contributed by atoms with Crippen molar-refractivity contribution in [2.75, 3.05) is 62.5 Å². The van der Waals surface area contributed by atoms with Gasteiger partial charge in [0.05, 0.1) is 13.3 Å². The molecule has 2 rings (SSSR count). The molecule has 0 N–H and O–H groups in total. The molecule has 39 heavy (non-hydrogen) atoms. The highest BCUT2D eigenvalue weighted by molar-refractivity contribution is 7.99. The summed E-state index contributed by atoms with van der Waals surface area (Å²) >= 11 is 2.02. The highest BCUT2D eigenvalue weighted by Gasteiger charge is 2.12. The van der Waals surface area contributed by atoms with Gasteiger partial charge in [-0.15, -0.1) is 0 Å². The van der Waals surface area contributed by atoms with E-state index in [1.54, 1.807) is 0 Å². The minimum Gasteiger partial charge on any atom is -1.00 e. The summed E-state index contributed by atoms with van der Waals surface area (Å²) in [7, 11) is -8.55. The smallest absolute Gasteiger partial charge is 0.762 e. The summed E-state index contributed by atoms with van der Waals surface area (Å²) < 4.78 is 69.5. The SMILES string of the molecule is CCCCN1C=CN(CCS(=O)CC)C1.CCCCN1C=CN(CCSCC)C1.FB(F)F.F[BH-](F)F.[F-].[F-]. The summed E-state index contributed by atoms with van der Waals surface area (Å²) in [5.74, 6) is 4.05. The maximum absolute atomic E-state index is 11.3. The third-order valence-corrected chi connectivity index (χ3v) is 7.12. The molecule has 0 aromatic carbocycles. The van der Waals surface area contributed by atoms with Crippen LogP contribution in [0, 0.1) is 0 Å².